The van der Waals surface area contributed by atoms with Crippen molar-refractivity contribution in [1.29, 1.82) is 0 Å². The van der Waals surface area contributed by atoms with E-state index in [4.69, 9.17) is 4.52 Å². The van der Waals surface area contributed by atoms with Gasteiger partial charge in [-0.2, -0.15) is 4.98 Å². The third-order valence-corrected chi connectivity index (χ3v) is 3.57. The summed E-state index contributed by atoms with van der Waals surface area (Å²) in [4.78, 5) is 16.5. The molecule has 2 rings (SSSR count). The van der Waals surface area contributed by atoms with E-state index in [0.717, 1.165) is 31.5 Å². The molecule has 2 N–H and O–H groups in total. The van der Waals surface area contributed by atoms with Gasteiger partial charge in [0.15, 0.2) is 0 Å². The molecule has 0 spiro atoms. The van der Waals surface area contributed by atoms with Gasteiger partial charge in [-0.3, -0.25) is 4.79 Å². The molecular formula is C19H28N4O2. The van der Waals surface area contributed by atoms with Gasteiger partial charge in [-0.1, -0.05) is 45.0 Å². The number of aromatic nitrogens is 2. The highest BCUT2D eigenvalue weighted by Gasteiger charge is 2.17. The first kappa shape index (κ1) is 19.1. The lowest BCUT2D eigenvalue weighted by Gasteiger charge is -2.13. The van der Waals surface area contributed by atoms with E-state index in [9.17, 15) is 4.79 Å². The van der Waals surface area contributed by atoms with Crippen LogP contribution >= 0.6 is 0 Å². The van der Waals surface area contributed by atoms with Gasteiger partial charge < -0.3 is 15.2 Å². The SMILES string of the molecule is CCCNCCNC(=O)c1ccc(-c2noc(CC(C)(C)C)n2)cc1. The number of rotatable bonds is 8. The Labute approximate surface area is 149 Å². The van der Waals surface area contributed by atoms with Crippen molar-refractivity contribution >= 4 is 5.91 Å². The summed E-state index contributed by atoms with van der Waals surface area (Å²) in [5.74, 6) is 1.10. The van der Waals surface area contributed by atoms with Gasteiger partial charge in [-0.25, -0.2) is 0 Å². The second-order valence-electron chi connectivity index (χ2n) is 7.33. The van der Waals surface area contributed by atoms with Gasteiger partial charge in [0, 0.05) is 30.6 Å². The Hall–Kier alpha value is -2.21. The summed E-state index contributed by atoms with van der Waals surface area (Å²) in [5.41, 5.74) is 1.56. The fraction of sp³-hybridized carbons (Fsp3) is 0.526. The van der Waals surface area contributed by atoms with Crippen LogP contribution in [-0.2, 0) is 6.42 Å². The summed E-state index contributed by atoms with van der Waals surface area (Å²) in [7, 11) is 0. The molecule has 0 aliphatic rings. The van der Waals surface area contributed by atoms with Crippen molar-refractivity contribution in [2.24, 2.45) is 5.41 Å². The molecule has 6 nitrogen and oxygen atoms in total. The number of benzene rings is 1. The van der Waals surface area contributed by atoms with Gasteiger partial charge >= 0.3 is 0 Å². The van der Waals surface area contributed by atoms with Crippen LogP contribution in [0.2, 0.25) is 0 Å². The molecule has 1 aromatic heterocycles. The molecule has 0 radical (unpaired) electrons. The topological polar surface area (TPSA) is 80.0 Å². The van der Waals surface area contributed by atoms with Gasteiger partial charge in [-0.05, 0) is 30.5 Å². The number of nitrogens with one attached hydrogen (secondary N) is 2. The highest BCUT2D eigenvalue weighted by atomic mass is 16.5. The molecule has 0 saturated heterocycles. The van der Waals surface area contributed by atoms with Crippen molar-refractivity contribution in [3.8, 4) is 11.4 Å². The Balaban J connectivity index is 1.92. The zero-order valence-electron chi connectivity index (χ0n) is 15.6. The summed E-state index contributed by atoms with van der Waals surface area (Å²) in [6.07, 6.45) is 1.81. The summed E-state index contributed by atoms with van der Waals surface area (Å²) in [6, 6.07) is 7.25. The Kier molecular flexibility index (Phi) is 6.70. The number of amides is 1. The maximum atomic E-state index is 12.1. The second kappa shape index (κ2) is 8.76. The van der Waals surface area contributed by atoms with E-state index >= 15 is 0 Å². The first-order valence-electron chi connectivity index (χ1n) is 8.81. The van der Waals surface area contributed by atoms with Gasteiger partial charge in [0.25, 0.3) is 5.91 Å². The lowest BCUT2D eigenvalue weighted by Crippen LogP contribution is -2.32. The Morgan fingerprint density at radius 2 is 1.84 bits per heavy atom. The van der Waals surface area contributed by atoms with Gasteiger partial charge in [0.2, 0.25) is 11.7 Å². The summed E-state index contributed by atoms with van der Waals surface area (Å²) >= 11 is 0. The molecule has 0 aliphatic heterocycles. The smallest absolute Gasteiger partial charge is 0.251 e. The van der Waals surface area contributed by atoms with Crippen LogP contribution in [0, 0.1) is 5.41 Å². The normalized spacial score (nSPS) is 11.5. The Morgan fingerprint density at radius 1 is 1.12 bits per heavy atom. The third kappa shape index (κ3) is 6.31. The molecule has 1 heterocycles. The van der Waals surface area contributed by atoms with Crippen LogP contribution in [0.4, 0.5) is 0 Å². The standard InChI is InChI=1S/C19H28N4O2/c1-5-10-20-11-12-21-18(24)15-8-6-14(7-9-15)17-22-16(25-23-17)13-19(2,3)4/h6-9,20H,5,10-13H2,1-4H3,(H,21,24). The maximum Gasteiger partial charge on any atom is 0.251 e. The first-order chi connectivity index (χ1) is 11.9. The number of hydrogen-bond donors (Lipinski definition) is 2. The molecule has 6 heteroatoms. The van der Waals surface area contributed by atoms with Crippen LogP contribution < -0.4 is 10.6 Å². The summed E-state index contributed by atoms with van der Waals surface area (Å²) in [5, 5.41) is 10.2. The molecule has 0 saturated carbocycles. The number of nitrogens with zero attached hydrogens (tertiary/aromatic N) is 2. The Bertz CT molecular complexity index is 671. The number of hydrogen-bond acceptors (Lipinski definition) is 5. The van der Waals surface area contributed by atoms with Crippen molar-refractivity contribution in [3.63, 3.8) is 0 Å². The predicted octanol–water partition coefficient (Wildman–Crippen LogP) is 3.05. The molecule has 25 heavy (non-hydrogen) atoms. The van der Waals surface area contributed by atoms with Crippen molar-refractivity contribution in [2.75, 3.05) is 19.6 Å². The molecule has 0 atom stereocenters. The van der Waals surface area contributed by atoms with E-state index in [1.165, 1.54) is 0 Å². The zero-order valence-corrected chi connectivity index (χ0v) is 15.6. The first-order valence-corrected chi connectivity index (χ1v) is 8.81. The molecule has 0 fully saturated rings. The van der Waals surface area contributed by atoms with Crippen molar-refractivity contribution in [1.82, 2.24) is 20.8 Å². The molecule has 0 aliphatic carbocycles. The van der Waals surface area contributed by atoms with E-state index in [2.05, 4.69) is 48.5 Å². The van der Waals surface area contributed by atoms with E-state index < -0.39 is 0 Å². The molecule has 0 bridgehead atoms. The van der Waals surface area contributed by atoms with Gasteiger partial charge in [-0.15, -0.1) is 0 Å². The highest BCUT2D eigenvalue weighted by Crippen LogP contribution is 2.22. The van der Waals surface area contributed by atoms with Crippen LogP contribution in [-0.4, -0.2) is 35.7 Å². The summed E-state index contributed by atoms with van der Waals surface area (Å²) < 4.78 is 5.31. The Morgan fingerprint density at radius 3 is 2.48 bits per heavy atom. The average molecular weight is 344 g/mol. The minimum Gasteiger partial charge on any atom is -0.351 e. The van der Waals surface area contributed by atoms with Crippen molar-refractivity contribution in [2.45, 2.75) is 40.5 Å². The molecule has 136 valence electrons. The van der Waals surface area contributed by atoms with E-state index in [1.54, 1.807) is 12.1 Å². The highest BCUT2D eigenvalue weighted by molar-refractivity contribution is 5.94. The lowest BCUT2D eigenvalue weighted by atomic mass is 9.92. The quantitative estimate of drug-likeness (QED) is 0.720. The molecule has 1 amide bonds. The van der Waals surface area contributed by atoms with Crippen molar-refractivity contribution in [3.05, 3.63) is 35.7 Å². The van der Waals surface area contributed by atoms with Crippen LogP contribution in [0.15, 0.2) is 28.8 Å². The monoisotopic (exact) mass is 344 g/mol. The van der Waals surface area contributed by atoms with Gasteiger partial charge in [0.05, 0.1) is 0 Å². The van der Waals surface area contributed by atoms with Crippen LogP contribution in [0.3, 0.4) is 0 Å². The molecule has 1 aromatic carbocycles. The lowest BCUT2D eigenvalue weighted by molar-refractivity contribution is 0.0954. The molecular weight excluding hydrogens is 316 g/mol. The van der Waals surface area contributed by atoms with E-state index in [0.29, 0.717) is 23.8 Å². The minimum atomic E-state index is -0.0774. The van der Waals surface area contributed by atoms with Crippen LogP contribution in [0.25, 0.3) is 11.4 Å². The minimum absolute atomic E-state index is 0.0774. The van der Waals surface area contributed by atoms with Gasteiger partial charge in [0.1, 0.15) is 0 Å². The fourth-order valence-electron chi connectivity index (χ4n) is 2.34. The van der Waals surface area contributed by atoms with E-state index in [1.807, 2.05) is 12.1 Å². The third-order valence-electron chi connectivity index (χ3n) is 3.57. The van der Waals surface area contributed by atoms with E-state index in [-0.39, 0.29) is 11.3 Å². The zero-order chi connectivity index (χ0) is 18.3. The second-order valence-corrected chi connectivity index (χ2v) is 7.33. The van der Waals surface area contributed by atoms with Crippen LogP contribution in [0.5, 0.6) is 0 Å². The van der Waals surface area contributed by atoms with Crippen LogP contribution in [0.1, 0.15) is 50.4 Å². The molecule has 2 aromatic rings. The molecule has 0 unspecified atom stereocenters. The number of carbonyl (C=O) groups is 1. The largest absolute Gasteiger partial charge is 0.351 e. The average Bonchev–Trinajstić information content (AvgIpc) is 3.01. The maximum absolute atomic E-state index is 12.1. The van der Waals surface area contributed by atoms with Crippen molar-refractivity contribution < 1.29 is 9.32 Å². The predicted molar refractivity (Wildman–Crippen MR) is 98.4 cm³/mol. The number of carbonyl (C=O) groups excluding carboxylic acids is 1. The fourth-order valence-corrected chi connectivity index (χ4v) is 2.34. The summed E-state index contributed by atoms with van der Waals surface area (Å²) in [6.45, 7) is 10.8.